The zero-order chi connectivity index (χ0) is 24.7. The average Bonchev–Trinajstić information content (AvgIpc) is 3.05. The van der Waals surface area contributed by atoms with E-state index in [2.05, 4.69) is 0 Å². The first-order valence-electron chi connectivity index (χ1n) is 10.7. The number of hydrogen-bond acceptors (Lipinski definition) is 4. The molecule has 0 radical (unpaired) electrons. The quantitative estimate of drug-likeness (QED) is 0.298. The van der Waals surface area contributed by atoms with E-state index in [1.54, 1.807) is 12.1 Å². The normalized spacial score (nSPS) is 22.5. The van der Waals surface area contributed by atoms with Gasteiger partial charge in [0.15, 0.2) is 5.78 Å². The standard InChI is InChI=1S/C25H21Cl3N2O4/c1-13-4-3-5-19-21(13)25(34)30(24(19)33)29(23(32)18-11-10-17(27)12-20(18)28)14(2)22(31)15-6-8-16(26)9-7-15/h3-4,6-14,19,21H,5H2,1-2H3/t13-,14-,19+,21+/m1/s1. The molecule has 34 heavy (non-hydrogen) atoms. The number of carbonyl (C=O) groups excluding carboxylic acids is 4. The van der Waals surface area contributed by atoms with Crippen LogP contribution in [0.2, 0.25) is 15.1 Å². The lowest BCUT2D eigenvalue weighted by atomic mass is 9.78. The SMILES string of the molecule is C[C@@H]1C=CC[C@@H]2C(=O)N(N(C(=O)c3ccc(Cl)cc3Cl)[C@H](C)C(=O)c3ccc(Cl)cc3)C(=O)[C@@H]12. The van der Waals surface area contributed by atoms with Crippen molar-refractivity contribution in [1.82, 2.24) is 10.0 Å². The third-order valence-electron chi connectivity index (χ3n) is 6.31. The lowest BCUT2D eigenvalue weighted by Crippen LogP contribution is -2.56. The molecule has 1 aliphatic heterocycles. The van der Waals surface area contributed by atoms with Crippen molar-refractivity contribution in [3.05, 3.63) is 80.8 Å². The van der Waals surface area contributed by atoms with Crippen molar-refractivity contribution in [2.45, 2.75) is 26.3 Å². The van der Waals surface area contributed by atoms with Crippen molar-refractivity contribution in [2.75, 3.05) is 0 Å². The lowest BCUT2D eigenvalue weighted by Gasteiger charge is -2.35. The van der Waals surface area contributed by atoms with Crippen molar-refractivity contribution >= 4 is 58.3 Å². The minimum Gasteiger partial charge on any atom is -0.292 e. The molecule has 1 heterocycles. The van der Waals surface area contributed by atoms with E-state index in [9.17, 15) is 19.2 Å². The molecule has 176 valence electrons. The van der Waals surface area contributed by atoms with Crippen LogP contribution in [0.1, 0.15) is 41.0 Å². The lowest BCUT2D eigenvalue weighted by molar-refractivity contribution is -0.156. The molecular formula is C25H21Cl3N2O4. The van der Waals surface area contributed by atoms with Crippen molar-refractivity contribution in [3.8, 4) is 0 Å². The van der Waals surface area contributed by atoms with Crippen LogP contribution in [0.25, 0.3) is 0 Å². The second-order valence-electron chi connectivity index (χ2n) is 8.46. The summed E-state index contributed by atoms with van der Waals surface area (Å²) in [5, 5.41) is 2.57. The predicted molar refractivity (Wildman–Crippen MR) is 130 cm³/mol. The number of allylic oxidation sites excluding steroid dienone is 2. The van der Waals surface area contributed by atoms with Crippen molar-refractivity contribution < 1.29 is 19.2 Å². The third kappa shape index (κ3) is 4.26. The van der Waals surface area contributed by atoms with Gasteiger partial charge in [0, 0.05) is 15.6 Å². The molecule has 0 N–H and O–H groups in total. The molecule has 0 saturated carbocycles. The van der Waals surface area contributed by atoms with Crippen LogP contribution in [0.15, 0.2) is 54.6 Å². The monoisotopic (exact) mass is 518 g/mol. The first-order chi connectivity index (χ1) is 16.1. The summed E-state index contributed by atoms with van der Waals surface area (Å²) in [7, 11) is 0. The number of hydrogen-bond donors (Lipinski definition) is 0. The molecule has 9 heteroatoms. The molecule has 6 nitrogen and oxygen atoms in total. The Morgan fingerprint density at radius 1 is 1.00 bits per heavy atom. The minimum absolute atomic E-state index is 0.0171. The van der Waals surface area contributed by atoms with Gasteiger partial charge in [-0.2, -0.15) is 5.01 Å². The van der Waals surface area contributed by atoms with Gasteiger partial charge in [0.25, 0.3) is 17.7 Å². The largest absolute Gasteiger partial charge is 0.292 e. The van der Waals surface area contributed by atoms with E-state index in [0.717, 1.165) is 10.0 Å². The van der Waals surface area contributed by atoms with E-state index in [4.69, 9.17) is 34.8 Å². The molecule has 2 aromatic rings. The van der Waals surface area contributed by atoms with E-state index in [1.807, 2.05) is 19.1 Å². The molecule has 0 bridgehead atoms. The molecule has 3 amide bonds. The number of imide groups is 1. The highest BCUT2D eigenvalue weighted by Crippen LogP contribution is 2.40. The molecule has 0 spiro atoms. The van der Waals surface area contributed by atoms with Gasteiger partial charge in [-0.25, -0.2) is 5.01 Å². The number of carbonyl (C=O) groups is 4. The highest BCUT2D eigenvalue weighted by atomic mass is 35.5. The van der Waals surface area contributed by atoms with Crippen molar-refractivity contribution in [2.24, 2.45) is 17.8 Å². The zero-order valence-corrected chi connectivity index (χ0v) is 20.6. The zero-order valence-electron chi connectivity index (χ0n) is 18.4. The van der Waals surface area contributed by atoms with Crippen LogP contribution in [0.3, 0.4) is 0 Å². The number of halogens is 3. The number of ketones is 1. The second-order valence-corrected chi connectivity index (χ2v) is 9.74. The van der Waals surface area contributed by atoms with Gasteiger partial charge >= 0.3 is 0 Å². The maximum atomic E-state index is 13.7. The average molecular weight is 520 g/mol. The summed E-state index contributed by atoms with van der Waals surface area (Å²) < 4.78 is 0. The second kappa shape index (κ2) is 9.53. The van der Waals surface area contributed by atoms with Gasteiger partial charge in [-0.05, 0) is 61.7 Å². The van der Waals surface area contributed by atoms with Gasteiger partial charge < -0.3 is 0 Å². The number of Topliss-reactive ketones (excluding diaryl/α,β-unsaturated/α-hetero) is 1. The van der Waals surface area contributed by atoms with E-state index < -0.39 is 41.4 Å². The van der Waals surface area contributed by atoms with Gasteiger partial charge in [0.05, 0.1) is 22.4 Å². The number of amides is 3. The summed E-state index contributed by atoms with van der Waals surface area (Å²) in [4.78, 5) is 54.0. The Bertz CT molecular complexity index is 1210. The molecule has 4 rings (SSSR count). The fourth-order valence-electron chi connectivity index (χ4n) is 4.54. The highest BCUT2D eigenvalue weighted by Gasteiger charge is 2.54. The Morgan fingerprint density at radius 3 is 2.26 bits per heavy atom. The summed E-state index contributed by atoms with van der Waals surface area (Å²) in [6, 6.07) is 9.24. The van der Waals surface area contributed by atoms with Gasteiger partial charge in [-0.15, -0.1) is 0 Å². The van der Waals surface area contributed by atoms with Crippen LogP contribution < -0.4 is 0 Å². The molecular weight excluding hydrogens is 499 g/mol. The smallest absolute Gasteiger partial charge is 0.275 e. The van der Waals surface area contributed by atoms with Crippen LogP contribution in [0, 0.1) is 17.8 Å². The Kier molecular flexibility index (Phi) is 6.85. The minimum atomic E-state index is -1.18. The maximum absolute atomic E-state index is 13.7. The van der Waals surface area contributed by atoms with E-state index >= 15 is 0 Å². The van der Waals surface area contributed by atoms with Crippen molar-refractivity contribution in [1.29, 1.82) is 0 Å². The van der Waals surface area contributed by atoms with Crippen LogP contribution in [-0.2, 0) is 9.59 Å². The van der Waals surface area contributed by atoms with E-state index in [1.165, 1.54) is 37.3 Å². The fraction of sp³-hybridized carbons (Fsp3) is 0.280. The summed E-state index contributed by atoms with van der Waals surface area (Å²) in [6.07, 6.45) is 4.14. The molecule has 2 aliphatic rings. The molecule has 1 aliphatic carbocycles. The van der Waals surface area contributed by atoms with Gasteiger partial charge in [-0.1, -0.05) is 53.9 Å². The predicted octanol–water partition coefficient (Wildman–Crippen LogP) is 5.47. The third-order valence-corrected chi connectivity index (χ3v) is 7.11. The molecule has 1 fully saturated rings. The van der Waals surface area contributed by atoms with Crippen LogP contribution in [0.5, 0.6) is 0 Å². The number of benzene rings is 2. The Labute approximate surface area is 212 Å². The number of fused-ring (bicyclic) bond motifs is 1. The Morgan fingerprint density at radius 2 is 1.65 bits per heavy atom. The van der Waals surface area contributed by atoms with Gasteiger partial charge in [-0.3, -0.25) is 19.2 Å². The number of hydrazine groups is 1. The first kappa shape index (κ1) is 24.5. The maximum Gasteiger partial charge on any atom is 0.275 e. The van der Waals surface area contributed by atoms with E-state index in [-0.39, 0.29) is 22.1 Å². The summed E-state index contributed by atoms with van der Waals surface area (Å²) >= 11 is 18.2. The van der Waals surface area contributed by atoms with Gasteiger partial charge in [0.2, 0.25) is 0 Å². The number of rotatable bonds is 5. The Balaban J connectivity index is 1.79. The number of nitrogens with zero attached hydrogens (tertiary/aromatic N) is 2. The topological polar surface area (TPSA) is 74.8 Å². The van der Waals surface area contributed by atoms with E-state index in [0.29, 0.717) is 16.5 Å². The van der Waals surface area contributed by atoms with Crippen LogP contribution in [0.4, 0.5) is 0 Å². The Hall–Kier alpha value is -2.67. The fourth-order valence-corrected chi connectivity index (χ4v) is 5.15. The molecule has 4 atom stereocenters. The summed E-state index contributed by atoms with van der Waals surface area (Å²) in [5.74, 6) is -3.62. The molecule has 2 aromatic carbocycles. The van der Waals surface area contributed by atoms with Gasteiger partial charge in [0.1, 0.15) is 6.04 Å². The highest BCUT2D eigenvalue weighted by molar-refractivity contribution is 6.37. The van der Waals surface area contributed by atoms with Crippen LogP contribution >= 0.6 is 34.8 Å². The molecule has 0 aromatic heterocycles. The van der Waals surface area contributed by atoms with Crippen molar-refractivity contribution in [3.63, 3.8) is 0 Å². The molecule has 0 unspecified atom stereocenters. The first-order valence-corrected chi connectivity index (χ1v) is 11.9. The molecule has 1 saturated heterocycles. The summed E-state index contributed by atoms with van der Waals surface area (Å²) in [6.45, 7) is 3.33. The van der Waals surface area contributed by atoms with Crippen LogP contribution in [-0.4, -0.2) is 39.6 Å². The summed E-state index contributed by atoms with van der Waals surface area (Å²) in [5.41, 5.74) is 0.298.